The van der Waals surface area contributed by atoms with Gasteiger partial charge >= 0.3 is 0 Å². The Labute approximate surface area is 130 Å². The van der Waals surface area contributed by atoms with Gasteiger partial charge in [-0.3, -0.25) is 4.79 Å². The van der Waals surface area contributed by atoms with Crippen LogP contribution in [0.3, 0.4) is 0 Å². The second-order valence-electron chi connectivity index (χ2n) is 5.30. The van der Waals surface area contributed by atoms with Crippen LogP contribution in [-0.2, 0) is 11.2 Å². The number of aryl methyl sites for hydroxylation is 1. The van der Waals surface area contributed by atoms with Crippen LogP contribution in [0.5, 0.6) is 0 Å². The van der Waals surface area contributed by atoms with Gasteiger partial charge in [0.25, 0.3) is 0 Å². The molecule has 1 aromatic heterocycles. The number of carbonyl (C=O) groups excluding carboxylic acids is 1. The first-order valence-corrected chi connectivity index (χ1v) is 8.27. The number of nitrogens with zero attached hydrogens (tertiary/aromatic N) is 1. The fraction of sp³-hybridized carbons (Fsp3) is 0.412. The van der Waals surface area contributed by atoms with E-state index in [0.29, 0.717) is 6.54 Å². The summed E-state index contributed by atoms with van der Waals surface area (Å²) in [6, 6.07) is 8.42. The smallest absolute Gasteiger partial charge is 0.222 e. The molecule has 2 rings (SSSR count). The van der Waals surface area contributed by atoms with Crippen molar-refractivity contribution in [3.63, 3.8) is 0 Å². The monoisotopic (exact) mass is 302 g/mol. The Morgan fingerprint density at radius 2 is 2.05 bits per heavy atom. The van der Waals surface area contributed by atoms with Gasteiger partial charge in [-0.1, -0.05) is 38.1 Å². The lowest BCUT2D eigenvalue weighted by molar-refractivity contribution is -0.124. The Hall–Kier alpha value is -1.68. The highest BCUT2D eigenvalue weighted by molar-refractivity contribution is 7.09. The lowest BCUT2D eigenvalue weighted by atomic mass is 10.1. The number of aromatic nitrogens is 1. The van der Waals surface area contributed by atoms with Crippen molar-refractivity contribution >= 4 is 17.2 Å². The Morgan fingerprint density at radius 3 is 2.62 bits per heavy atom. The number of nitrogens with one attached hydrogen (secondary N) is 1. The minimum atomic E-state index is 0.0975. The first-order chi connectivity index (χ1) is 10.1. The standard InChI is InChI=1S/C17H22N2OS/c1-4-12(2)17(20)18-10-9-14-5-7-15(8-6-14)16-11-21-13(3)19-16/h5-8,11-12H,4,9-10H2,1-3H3,(H,18,20). The molecule has 1 unspecified atom stereocenters. The lowest BCUT2D eigenvalue weighted by Gasteiger charge is -2.10. The summed E-state index contributed by atoms with van der Waals surface area (Å²) in [5.74, 6) is 0.243. The second-order valence-corrected chi connectivity index (χ2v) is 6.36. The molecular weight excluding hydrogens is 280 g/mol. The zero-order chi connectivity index (χ0) is 15.2. The molecule has 0 aliphatic carbocycles. The Morgan fingerprint density at radius 1 is 1.33 bits per heavy atom. The van der Waals surface area contributed by atoms with Gasteiger partial charge < -0.3 is 5.32 Å². The number of hydrogen-bond donors (Lipinski definition) is 1. The van der Waals surface area contributed by atoms with Crippen molar-refractivity contribution in [1.29, 1.82) is 0 Å². The van der Waals surface area contributed by atoms with E-state index in [2.05, 4.69) is 39.9 Å². The predicted molar refractivity (Wildman–Crippen MR) is 88.5 cm³/mol. The topological polar surface area (TPSA) is 42.0 Å². The Balaban J connectivity index is 1.87. The predicted octanol–water partition coefficient (Wildman–Crippen LogP) is 3.82. The molecule has 0 aliphatic rings. The molecule has 3 nitrogen and oxygen atoms in total. The third-order valence-electron chi connectivity index (χ3n) is 3.64. The summed E-state index contributed by atoms with van der Waals surface area (Å²) in [5, 5.41) is 6.15. The maximum Gasteiger partial charge on any atom is 0.222 e. The van der Waals surface area contributed by atoms with Gasteiger partial charge in [0.1, 0.15) is 0 Å². The summed E-state index contributed by atoms with van der Waals surface area (Å²) in [7, 11) is 0. The van der Waals surface area contributed by atoms with Gasteiger partial charge in [-0.05, 0) is 25.3 Å². The van der Waals surface area contributed by atoms with Gasteiger partial charge in [0.15, 0.2) is 0 Å². The summed E-state index contributed by atoms with van der Waals surface area (Å²) in [4.78, 5) is 16.2. The first kappa shape index (κ1) is 15.7. The molecule has 1 N–H and O–H groups in total. The zero-order valence-electron chi connectivity index (χ0n) is 12.8. The third kappa shape index (κ3) is 4.39. The maximum absolute atomic E-state index is 11.7. The molecule has 1 heterocycles. The van der Waals surface area contributed by atoms with Crippen LogP contribution in [0.25, 0.3) is 11.3 Å². The molecule has 1 atom stereocenters. The molecule has 0 radical (unpaired) electrons. The molecule has 21 heavy (non-hydrogen) atoms. The number of benzene rings is 1. The summed E-state index contributed by atoms with van der Waals surface area (Å²) < 4.78 is 0. The van der Waals surface area contributed by atoms with E-state index >= 15 is 0 Å². The first-order valence-electron chi connectivity index (χ1n) is 7.39. The average molecular weight is 302 g/mol. The molecule has 0 saturated heterocycles. The minimum absolute atomic E-state index is 0.0975. The van der Waals surface area contributed by atoms with Crippen LogP contribution in [0, 0.1) is 12.8 Å². The molecular formula is C17H22N2OS. The number of hydrogen-bond acceptors (Lipinski definition) is 3. The van der Waals surface area contributed by atoms with Crippen molar-refractivity contribution in [2.45, 2.75) is 33.6 Å². The normalized spacial score (nSPS) is 12.1. The van der Waals surface area contributed by atoms with Crippen molar-refractivity contribution in [3.8, 4) is 11.3 Å². The van der Waals surface area contributed by atoms with Crippen molar-refractivity contribution < 1.29 is 4.79 Å². The fourth-order valence-corrected chi connectivity index (χ4v) is 2.65. The summed E-state index contributed by atoms with van der Waals surface area (Å²) >= 11 is 1.67. The molecule has 0 saturated carbocycles. The Kier molecular flexibility index (Phi) is 5.51. The van der Waals surface area contributed by atoms with Gasteiger partial charge in [-0.15, -0.1) is 11.3 Å². The maximum atomic E-state index is 11.7. The molecule has 4 heteroatoms. The number of thiazole rings is 1. The van der Waals surface area contributed by atoms with E-state index in [1.54, 1.807) is 11.3 Å². The third-order valence-corrected chi connectivity index (χ3v) is 4.42. The van der Waals surface area contributed by atoms with Crippen LogP contribution in [0.1, 0.15) is 30.8 Å². The van der Waals surface area contributed by atoms with Crippen molar-refractivity contribution in [2.24, 2.45) is 5.92 Å². The lowest BCUT2D eigenvalue weighted by Crippen LogP contribution is -2.30. The molecule has 112 valence electrons. The summed E-state index contributed by atoms with van der Waals surface area (Å²) in [5.41, 5.74) is 3.41. The fourth-order valence-electron chi connectivity index (χ4n) is 2.03. The van der Waals surface area contributed by atoms with Gasteiger partial charge in [-0.25, -0.2) is 4.98 Å². The molecule has 0 aliphatic heterocycles. The van der Waals surface area contributed by atoms with Gasteiger partial charge in [0.05, 0.1) is 10.7 Å². The van der Waals surface area contributed by atoms with Crippen LogP contribution in [-0.4, -0.2) is 17.4 Å². The van der Waals surface area contributed by atoms with Crippen molar-refractivity contribution in [3.05, 3.63) is 40.2 Å². The molecule has 2 aromatic rings. The van der Waals surface area contributed by atoms with E-state index in [0.717, 1.165) is 29.1 Å². The van der Waals surface area contributed by atoms with Crippen LogP contribution < -0.4 is 5.32 Å². The number of rotatable bonds is 6. The number of carbonyl (C=O) groups is 1. The summed E-state index contributed by atoms with van der Waals surface area (Å²) in [6.07, 6.45) is 1.74. The highest BCUT2D eigenvalue weighted by atomic mass is 32.1. The quantitative estimate of drug-likeness (QED) is 0.881. The van der Waals surface area contributed by atoms with E-state index in [-0.39, 0.29) is 11.8 Å². The van der Waals surface area contributed by atoms with E-state index in [1.165, 1.54) is 5.56 Å². The average Bonchev–Trinajstić information content (AvgIpc) is 2.93. The largest absolute Gasteiger partial charge is 0.356 e. The van der Waals surface area contributed by atoms with E-state index < -0.39 is 0 Å². The Bertz CT molecular complexity index is 589. The molecule has 0 bridgehead atoms. The van der Waals surface area contributed by atoms with E-state index in [4.69, 9.17) is 0 Å². The molecule has 0 fully saturated rings. The second kappa shape index (κ2) is 7.36. The van der Waals surface area contributed by atoms with Crippen LogP contribution >= 0.6 is 11.3 Å². The molecule has 0 spiro atoms. The molecule has 1 amide bonds. The van der Waals surface area contributed by atoms with E-state index in [9.17, 15) is 4.79 Å². The van der Waals surface area contributed by atoms with Crippen molar-refractivity contribution in [1.82, 2.24) is 10.3 Å². The highest BCUT2D eigenvalue weighted by Crippen LogP contribution is 2.21. The van der Waals surface area contributed by atoms with E-state index in [1.807, 2.05) is 20.8 Å². The van der Waals surface area contributed by atoms with Crippen LogP contribution in [0.2, 0.25) is 0 Å². The van der Waals surface area contributed by atoms with Gasteiger partial charge in [0.2, 0.25) is 5.91 Å². The van der Waals surface area contributed by atoms with Crippen LogP contribution in [0.15, 0.2) is 29.6 Å². The SMILES string of the molecule is CCC(C)C(=O)NCCc1ccc(-c2csc(C)n2)cc1. The van der Waals surface area contributed by atoms with Crippen LogP contribution in [0.4, 0.5) is 0 Å². The van der Waals surface area contributed by atoms with Gasteiger partial charge in [-0.2, -0.15) is 0 Å². The summed E-state index contributed by atoms with van der Waals surface area (Å²) in [6.45, 7) is 6.70. The minimum Gasteiger partial charge on any atom is -0.356 e. The zero-order valence-corrected chi connectivity index (χ0v) is 13.7. The highest BCUT2D eigenvalue weighted by Gasteiger charge is 2.09. The van der Waals surface area contributed by atoms with Gasteiger partial charge in [0, 0.05) is 23.4 Å². The number of amides is 1. The molecule has 1 aromatic carbocycles. The van der Waals surface area contributed by atoms with Crippen molar-refractivity contribution in [2.75, 3.05) is 6.54 Å².